The van der Waals surface area contributed by atoms with Crippen molar-refractivity contribution in [2.24, 2.45) is 5.92 Å². The summed E-state index contributed by atoms with van der Waals surface area (Å²) in [6.07, 6.45) is 1.37. The molecule has 4 nitrogen and oxygen atoms in total. The highest BCUT2D eigenvalue weighted by atomic mass is 16.4. The molecule has 0 radical (unpaired) electrons. The standard InChI is InChI=1S/C18H18O4/c19-17(20)15(11-10-13-6-2-1-3-7-13)12-14-8-4-5-9-16(14)18(21)22/h1-9,15H,10-12H2,(H,19,20)(H,21,22)/t15-/m0/s1. The molecule has 0 heterocycles. The lowest BCUT2D eigenvalue weighted by Gasteiger charge is -2.14. The SMILES string of the molecule is O=C(O)c1ccccc1C[C@H](CCc1ccccc1)C(=O)O. The quantitative estimate of drug-likeness (QED) is 0.822. The maximum atomic E-state index is 11.5. The van der Waals surface area contributed by atoms with Gasteiger partial charge in [0.05, 0.1) is 11.5 Å². The van der Waals surface area contributed by atoms with Crippen LogP contribution in [0.15, 0.2) is 54.6 Å². The van der Waals surface area contributed by atoms with Crippen LogP contribution in [0.4, 0.5) is 0 Å². The van der Waals surface area contributed by atoms with Crippen molar-refractivity contribution in [3.8, 4) is 0 Å². The molecule has 0 aliphatic rings. The van der Waals surface area contributed by atoms with Crippen LogP contribution >= 0.6 is 0 Å². The maximum absolute atomic E-state index is 11.5. The first-order valence-corrected chi connectivity index (χ1v) is 7.16. The molecule has 0 aliphatic carbocycles. The van der Waals surface area contributed by atoms with Crippen molar-refractivity contribution >= 4 is 11.9 Å². The zero-order valence-electron chi connectivity index (χ0n) is 12.1. The van der Waals surface area contributed by atoms with E-state index in [2.05, 4.69) is 0 Å². The number of carboxylic acid groups (broad SMARTS) is 2. The minimum atomic E-state index is -1.03. The van der Waals surface area contributed by atoms with Crippen molar-refractivity contribution in [3.05, 3.63) is 71.3 Å². The van der Waals surface area contributed by atoms with Crippen LogP contribution in [0.25, 0.3) is 0 Å². The van der Waals surface area contributed by atoms with Crippen molar-refractivity contribution in [2.45, 2.75) is 19.3 Å². The van der Waals surface area contributed by atoms with Crippen LogP contribution in [0.2, 0.25) is 0 Å². The lowest BCUT2D eigenvalue weighted by Crippen LogP contribution is -2.19. The number of hydrogen-bond donors (Lipinski definition) is 2. The Hall–Kier alpha value is -2.62. The van der Waals surface area contributed by atoms with Gasteiger partial charge in [-0.2, -0.15) is 0 Å². The molecular formula is C18H18O4. The molecule has 1 atom stereocenters. The lowest BCUT2D eigenvalue weighted by molar-refractivity contribution is -0.141. The average molecular weight is 298 g/mol. The van der Waals surface area contributed by atoms with Crippen LogP contribution in [0.1, 0.15) is 27.9 Å². The first kappa shape index (κ1) is 15.8. The Morgan fingerprint density at radius 1 is 0.909 bits per heavy atom. The van der Waals surface area contributed by atoms with Crippen molar-refractivity contribution in [2.75, 3.05) is 0 Å². The van der Waals surface area contributed by atoms with Gasteiger partial charge in [0, 0.05) is 0 Å². The molecule has 0 spiro atoms. The second kappa shape index (κ2) is 7.41. The minimum absolute atomic E-state index is 0.175. The molecule has 0 amide bonds. The van der Waals surface area contributed by atoms with Crippen LogP contribution in [0.3, 0.4) is 0 Å². The molecule has 0 saturated heterocycles. The van der Waals surface area contributed by atoms with E-state index in [1.165, 1.54) is 6.07 Å². The van der Waals surface area contributed by atoms with Gasteiger partial charge in [-0.1, -0.05) is 48.5 Å². The van der Waals surface area contributed by atoms with E-state index < -0.39 is 17.9 Å². The highest BCUT2D eigenvalue weighted by Crippen LogP contribution is 2.19. The molecule has 2 aromatic rings. The van der Waals surface area contributed by atoms with Crippen LogP contribution in [0, 0.1) is 5.92 Å². The summed E-state index contributed by atoms with van der Waals surface area (Å²) in [6.45, 7) is 0. The molecule has 114 valence electrons. The molecule has 0 bridgehead atoms. The fraction of sp³-hybridized carbons (Fsp3) is 0.222. The molecule has 0 fully saturated rings. The summed E-state index contributed by atoms with van der Waals surface area (Å²) in [5.74, 6) is -2.51. The second-order valence-corrected chi connectivity index (χ2v) is 5.23. The Kier molecular flexibility index (Phi) is 5.31. The predicted octanol–water partition coefficient (Wildman–Crippen LogP) is 3.26. The molecule has 4 heteroatoms. The summed E-state index contributed by atoms with van der Waals surface area (Å²) in [4.78, 5) is 22.7. The topological polar surface area (TPSA) is 74.6 Å². The highest BCUT2D eigenvalue weighted by Gasteiger charge is 2.20. The van der Waals surface area contributed by atoms with Crippen molar-refractivity contribution in [1.82, 2.24) is 0 Å². The Balaban J connectivity index is 2.09. The van der Waals surface area contributed by atoms with E-state index >= 15 is 0 Å². The maximum Gasteiger partial charge on any atom is 0.335 e. The minimum Gasteiger partial charge on any atom is -0.481 e. The summed E-state index contributed by atoms with van der Waals surface area (Å²) in [5, 5.41) is 18.6. The van der Waals surface area contributed by atoms with Crippen molar-refractivity contribution in [3.63, 3.8) is 0 Å². The van der Waals surface area contributed by atoms with Gasteiger partial charge < -0.3 is 10.2 Å². The van der Waals surface area contributed by atoms with Crippen LogP contribution < -0.4 is 0 Å². The van der Waals surface area contributed by atoms with Gasteiger partial charge in [-0.05, 0) is 36.5 Å². The van der Waals surface area contributed by atoms with E-state index in [1.54, 1.807) is 18.2 Å². The highest BCUT2D eigenvalue weighted by molar-refractivity contribution is 5.89. The summed E-state index contributed by atoms with van der Waals surface area (Å²) in [6, 6.07) is 16.3. The van der Waals surface area contributed by atoms with Gasteiger partial charge >= 0.3 is 11.9 Å². The predicted molar refractivity (Wildman–Crippen MR) is 83.0 cm³/mol. The zero-order chi connectivity index (χ0) is 15.9. The third-order valence-electron chi connectivity index (χ3n) is 3.69. The average Bonchev–Trinajstić information content (AvgIpc) is 2.52. The van der Waals surface area contributed by atoms with Gasteiger partial charge in [0.2, 0.25) is 0 Å². The molecule has 2 aromatic carbocycles. The first-order chi connectivity index (χ1) is 10.6. The molecule has 2 rings (SSSR count). The number of carbonyl (C=O) groups is 2. The van der Waals surface area contributed by atoms with E-state index in [9.17, 15) is 19.8 Å². The Morgan fingerprint density at radius 3 is 2.18 bits per heavy atom. The summed E-state index contributed by atoms with van der Waals surface area (Å²) in [7, 11) is 0. The number of benzene rings is 2. The van der Waals surface area contributed by atoms with Crippen LogP contribution in [-0.2, 0) is 17.6 Å². The summed E-state index contributed by atoms with van der Waals surface area (Å²) in [5.41, 5.74) is 1.82. The van der Waals surface area contributed by atoms with Crippen LogP contribution in [0.5, 0.6) is 0 Å². The number of hydrogen-bond acceptors (Lipinski definition) is 2. The fourth-order valence-corrected chi connectivity index (χ4v) is 2.47. The normalized spacial score (nSPS) is 11.8. The molecular weight excluding hydrogens is 280 g/mol. The third kappa shape index (κ3) is 4.19. The largest absolute Gasteiger partial charge is 0.481 e. The number of aliphatic carboxylic acids is 1. The molecule has 0 aliphatic heterocycles. The smallest absolute Gasteiger partial charge is 0.335 e. The zero-order valence-corrected chi connectivity index (χ0v) is 12.1. The number of aryl methyl sites for hydroxylation is 1. The summed E-state index contributed by atoms with van der Waals surface area (Å²) < 4.78 is 0. The molecule has 0 saturated carbocycles. The first-order valence-electron chi connectivity index (χ1n) is 7.16. The molecule has 0 unspecified atom stereocenters. The molecule has 22 heavy (non-hydrogen) atoms. The van der Waals surface area contributed by atoms with E-state index in [4.69, 9.17) is 0 Å². The van der Waals surface area contributed by atoms with E-state index in [-0.39, 0.29) is 12.0 Å². The molecule has 0 aromatic heterocycles. The monoisotopic (exact) mass is 298 g/mol. The number of aromatic carboxylic acids is 1. The summed E-state index contributed by atoms with van der Waals surface area (Å²) >= 11 is 0. The van der Waals surface area contributed by atoms with E-state index in [0.29, 0.717) is 18.4 Å². The van der Waals surface area contributed by atoms with Gasteiger partial charge in [-0.3, -0.25) is 4.79 Å². The van der Waals surface area contributed by atoms with E-state index in [1.807, 2.05) is 30.3 Å². The van der Waals surface area contributed by atoms with Crippen LogP contribution in [-0.4, -0.2) is 22.2 Å². The fourth-order valence-electron chi connectivity index (χ4n) is 2.47. The third-order valence-corrected chi connectivity index (χ3v) is 3.69. The van der Waals surface area contributed by atoms with Crippen molar-refractivity contribution < 1.29 is 19.8 Å². The van der Waals surface area contributed by atoms with Gasteiger partial charge in [-0.15, -0.1) is 0 Å². The van der Waals surface area contributed by atoms with Gasteiger partial charge in [-0.25, -0.2) is 4.79 Å². The Bertz CT molecular complexity index is 649. The van der Waals surface area contributed by atoms with Gasteiger partial charge in [0.15, 0.2) is 0 Å². The van der Waals surface area contributed by atoms with E-state index in [0.717, 1.165) is 5.56 Å². The molecule has 2 N–H and O–H groups in total. The number of carboxylic acids is 2. The van der Waals surface area contributed by atoms with Gasteiger partial charge in [0.25, 0.3) is 0 Å². The van der Waals surface area contributed by atoms with Crippen molar-refractivity contribution in [1.29, 1.82) is 0 Å². The number of rotatable bonds is 7. The lowest BCUT2D eigenvalue weighted by atomic mass is 9.91. The second-order valence-electron chi connectivity index (χ2n) is 5.23. The Morgan fingerprint density at radius 2 is 1.55 bits per heavy atom. The van der Waals surface area contributed by atoms with Gasteiger partial charge in [0.1, 0.15) is 0 Å². The Labute approximate surface area is 129 Å².